The van der Waals surface area contributed by atoms with E-state index in [9.17, 15) is 4.79 Å². The predicted molar refractivity (Wildman–Crippen MR) is 83.0 cm³/mol. The first-order valence-electron chi connectivity index (χ1n) is 5.81. The van der Waals surface area contributed by atoms with Gasteiger partial charge < -0.3 is 5.32 Å². The lowest BCUT2D eigenvalue weighted by molar-refractivity contribution is 0.102. The number of carbonyl (C=O) groups excluding carboxylic acids is 1. The van der Waals surface area contributed by atoms with Crippen LogP contribution < -0.4 is 5.32 Å². The van der Waals surface area contributed by atoms with Gasteiger partial charge in [0.25, 0.3) is 5.91 Å². The Balaban J connectivity index is 2.28. The van der Waals surface area contributed by atoms with Crippen LogP contribution in [0.1, 0.15) is 21.5 Å². The van der Waals surface area contributed by atoms with Crippen LogP contribution in [-0.4, -0.2) is 5.91 Å². The Morgan fingerprint density at radius 2 is 1.79 bits per heavy atom. The minimum atomic E-state index is -0.144. The van der Waals surface area contributed by atoms with E-state index in [-0.39, 0.29) is 5.91 Å². The highest BCUT2D eigenvalue weighted by molar-refractivity contribution is 9.10. The topological polar surface area (TPSA) is 29.1 Å². The van der Waals surface area contributed by atoms with Crippen molar-refractivity contribution in [3.05, 3.63) is 62.6 Å². The molecule has 0 radical (unpaired) electrons. The molecular formula is C15H13BrClNO. The smallest absolute Gasteiger partial charge is 0.255 e. The average Bonchev–Trinajstić information content (AvgIpc) is 2.33. The number of amides is 1. The minimum absolute atomic E-state index is 0.144. The molecule has 2 rings (SSSR count). The molecule has 0 heterocycles. The number of aryl methyl sites for hydroxylation is 2. The largest absolute Gasteiger partial charge is 0.321 e. The fourth-order valence-electron chi connectivity index (χ4n) is 1.90. The molecule has 2 aromatic rings. The van der Waals surface area contributed by atoms with Gasteiger partial charge in [-0.1, -0.05) is 34.9 Å². The van der Waals surface area contributed by atoms with E-state index < -0.39 is 0 Å². The quantitative estimate of drug-likeness (QED) is 0.823. The molecule has 2 nitrogen and oxygen atoms in total. The Bertz CT molecular complexity index is 620. The maximum Gasteiger partial charge on any atom is 0.255 e. The van der Waals surface area contributed by atoms with Crippen molar-refractivity contribution in [2.45, 2.75) is 13.8 Å². The molecule has 0 aliphatic heterocycles. The maximum absolute atomic E-state index is 12.2. The molecule has 4 heteroatoms. The van der Waals surface area contributed by atoms with E-state index >= 15 is 0 Å². The summed E-state index contributed by atoms with van der Waals surface area (Å²) in [4.78, 5) is 12.2. The van der Waals surface area contributed by atoms with E-state index in [0.29, 0.717) is 20.7 Å². The number of benzene rings is 2. The summed E-state index contributed by atoms with van der Waals surface area (Å²) in [6.45, 7) is 3.94. The van der Waals surface area contributed by atoms with Gasteiger partial charge in [0.2, 0.25) is 0 Å². The zero-order valence-electron chi connectivity index (χ0n) is 10.6. The Morgan fingerprint density at radius 3 is 2.42 bits per heavy atom. The van der Waals surface area contributed by atoms with Crippen LogP contribution in [0.25, 0.3) is 0 Å². The third-order valence-corrected chi connectivity index (χ3v) is 4.08. The van der Waals surface area contributed by atoms with Gasteiger partial charge in [-0.25, -0.2) is 0 Å². The lowest BCUT2D eigenvalue weighted by Crippen LogP contribution is -2.12. The Morgan fingerprint density at radius 1 is 1.16 bits per heavy atom. The standard InChI is InChI=1S/C15H13BrClNO/c1-9-6-10(2)8-11(7-9)15(19)18-13-5-3-4-12(17)14(13)16/h3-8H,1-2H3,(H,18,19). The van der Waals surface area contributed by atoms with E-state index in [4.69, 9.17) is 11.6 Å². The number of carbonyl (C=O) groups is 1. The second kappa shape index (κ2) is 5.76. The van der Waals surface area contributed by atoms with E-state index in [2.05, 4.69) is 21.2 Å². The van der Waals surface area contributed by atoms with Crippen molar-refractivity contribution in [3.8, 4) is 0 Å². The van der Waals surface area contributed by atoms with Gasteiger partial charge in [-0.3, -0.25) is 4.79 Å². The van der Waals surface area contributed by atoms with Crippen LogP contribution in [0.5, 0.6) is 0 Å². The van der Waals surface area contributed by atoms with Gasteiger partial charge in [-0.2, -0.15) is 0 Å². The van der Waals surface area contributed by atoms with Crippen molar-refractivity contribution < 1.29 is 4.79 Å². The van der Waals surface area contributed by atoms with Gasteiger partial charge in [0.05, 0.1) is 15.2 Å². The molecule has 2 aromatic carbocycles. The Kier molecular flexibility index (Phi) is 4.27. The van der Waals surface area contributed by atoms with Crippen LogP contribution >= 0.6 is 27.5 Å². The summed E-state index contributed by atoms with van der Waals surface area (Å²) >= 11 is 9.36. The van der Waals surface area contributed by atoms with Crippen molar-refractivity contribution in [2.75, 3.05) is 5.32 Å². The predicted octanol–water partition coefficient (Wildman–Crippen LogP) is 4.97. The van der Waals surface area contributed by atoms with Gasteiger partial charge in [-0.05, 0) is 54.0 Å². The first kappa shape index (κ1) is 14.1. The van der Waals surface area contributed by atoms with Gasteiger partial charge >= 0.3 is 0 Å². The molecule has 0 saturated heterocycles. The van der Waals surface area contributed by atoms with Crippen molar-refractivity contribution in [3.63, 3.8) is 0 Å². The Hall–Kier alpha value is -1.32. The summed E-state index contributed by atoms with van der Waals surface area (Å²) in [7, 11) is 0. The molecule has 98 valence electrons. The van der Waals surface area contributed by atoms with Gasteiger partial charge in [0.1, 0.15) is 0 Å². The van der Waals surface area contributed by atoms with Crippen molar-refractivity contribution in [2.24, 2.45) is 0 Å². The normalized spacial score (nSPS) is 10.3. The van der Waals surface area contributed by atoms with Crippen molar-refractivity contribution >= 4 is 39.1 Å². The summed E-state index contributed by atoms with van der Waals surface area (Å²) in [6.07, 6.45) is 0. The Labute approximate surface area is 125 Å². The van der Waals surface area contributed by atoms with E-state index in [0.717, 1.165) is 11.1 Å². The third kappa shape index (κ3) is 3.37. The molecule has 0 spiro atoms. The fraction of sp³-hybridized carbons (Fsp3) is 0.133. The molecule has 0 bridgehead atoms. The lowest BCUT2D eigenvalue weighted by atomic mass is 10.1. The second-order valence-corrected chi connectivity index (χ2v) is 5.63. The summed E-state index contributed by atoms with van der Waals surface area (Å²) in [6, 6.07) is 11.1. The zero-order valence-corrected chi connectivity index (χ0v) is 13.0. The fourth-order valence-corrected chi connectivity index (χ4v) is 2.44. The van der Waals surface area contributed by atoms with Crippen LogP contribution in [0, 0.1) is 13.8 Å². The monoisotopic (exact) mass is 337 g/mol. The lowest BCUT2D eigenvalue weighted by Gasteiger charge is -2.09. The summed E-state index contributed by atoms with van der Waals surface area (Å²) in [5.41, 5.74) is 3.44. The molecule has 0 fully saturated rings. The number of halogens is 2. The zero-order chi connectivity index (χ0) is 14.0. The van der Waals surface area contributed by atoms with E-state index in [1.54, 1.807) is 18.2 Å². The van der Waals surface area contributed by atoms with Crippen LogP contribution in [-0.2, 0) is 0 Å². The maximum atomic E-state index is 12.2. The number of anilines is 1. The molecule has 19 heavy (non-hydrogen) atoms. The highest BCUT2D eigenvalue weighted by Gasteiger charge is 2.10. The van der Waals surface area contributed by atoms with Crippen LogP contribution in [0.4, 0.5) is 5.69 Å². The first-order chi connectivity index (χ1) is 8.97. The molecule has 0 aliphatic rings. The summed E-state index contributed by atoms with van der Waals surface area (Å²) < 4.78 is 0.689. The SMILES string of the molecule is Cc1cc(C)cc(C(=O)Nc2cccc(Cl)c2Br)c1. The highest BCUT2D eigenvalue weighted by Crippen LogP contribution is 2.30. The molecule has 1 N–H and O–H groups in total. The van der Waals surface area contributed by atoms with E-state index in [1.807, 2.05) is 32.0 Å². The molecule has 0 aromatic heterocycles. The summed E-state index contributed by atoms with van der Waals surface area (Å²) in [5.74, 6) is -0.144. The second-order valence-electron chi connectivity index (χ2n) is 4.43. The summed E-state index contributed by atoms with van der Waals surface area (Å²) in [5, 5.41) is 3.42. The molecular weight excluding hydrogens is 326 g/mol. The number of rotatable bonds is 2. The molecule has 0 atom stereocenters. The van der Waals surface area contributed by atoms with Gasteiger partial charge in [0.15, 0.2) is 0 Å². The van der Waals surface area contributed by atoms with Crippen LogP contribution in [0.15, 0.2) is 40.9 Å². The number of nitrogens with one attached hydrogen (secondary N) is 1. The van der Waals surface area contributed by atoms with Crippen molar-refractivity contribution in [1.82, 2.24) is 0 Å². The third-order valence-electron chi connectivity index (χ3n) is 2.68. The van der Waals surface area contributed by atoms with Gasteiger partial charge in [-0.15, -0.1) is 0 Å². The van der Waals surface area contributed by atoms with Crippen LogP contribution in [0.3, 0.4) is 0 Å². The highest BCUT2D eigenvalue weighted by atomic mass is 79.9. The molecule has 0 unspecified atom stereocenters. The average molecular weight is 339 g/mol. The number of hydrogen-bond acceptors (Lipinski definition) is 1. The first-order valence-corrected chi connectivity index (χ1v) is 6.98. The van der Waals surface area contributed by atoms with E-state index in [1.165, 1.54) is 0 Å². The minimum Gasteiger partial charge on any atom is -0.321 e. The number of hydrogen-bond donors (Lipinski definition) is 1. The van der Waals surface area contributed by atoms with Crippen molar-refractivity contribution in [1.29, 1.82) is 0 Å². The molecule has 0 saturated carbocycles. The van der Waals surface area contributed by atoms with Crippen LogP contribution in [0.2, 0.25) is 5.02 Å². The molecule has 1 amide bonds. The molecule has 0 aliphatic carbocycles. The van der Waals surface area contributed by atoms with Gasteiger partial charge in [0, 0.05) is 5.56 Å².